The SMILES string of the molecule is COCO[C@@H]1CCCN(C(=O)OCc2ccccc2)C[C@H]1NC(=O)OC(C)(C)C. The number of alkyl carbamates (subject to hydrolysis) is 1. The first-order chi connectivity index (χ1) is 13.8. The van der Waals surface area contributed by atoms with Crippen LogP contribution >= 0.6 is 0 Å². The molecule has 1 aliphatic rings. The number of hydrogen-bond donors (Lipinski definition) is 1. The standard InChI is InChI=1S/C21H32N2O6/c1-21(2,3)29-19(24)22-17-13-23(12-8-11-18(17)28-15-26-4)20(25)27-14-16-9-6-5-7-10-16/h5-7,9-10,17-18H,8,11-15H2,1-4H3,(H,22,24)/t17-,18-/m1/s1. The molecule has 162 valence electrons. The van der Waals surface area contributed by atoms with E-state index in [1.54, 1.807) is 32.8 Å². The zero-order chi connectivity index (χ0) is 21.3. The molecule has 8 heteroatoms. The van der Waals surface area contributed by atoms with Gasteiger partial charge in [-0.25, -0.2) is 9.59 Å². The van der Waals surface area contributed by atoms with Gasteiger partial charge < -0.3 is 29.2 Å². The zero-order valence-electron chi connectivity index (χ0n) is 17.7. The Morgan fingerprint density at radius 3 is 2.59 bits per heavy atom. The van der Waals surface area contributed by atoms with E-state index in [0.717, 1.165) is 12.0 Å². The minimum absolute atomic E-state index is 0.107. The first-order valence-corrected chi connectivity index (χ1v) is 9.84. The van der Waals surface area contributed by atoms with Crippen molar-refractivity contribution in [1.82, 2.24) is 10.2 Å². The Morgan fingerprint density at radius 2 is 1.93 bits per heavy atom. The molecule has 1 heterocycles. The van der Waals surface area contributed by atoms with Gasteiger partial charge in [0.1, 0.15) is 19.0 Å². The highest BCUT2D eigenvalue weighted by Gasteiger charge is 2.33. The molecule has 1 fully saturated rings. The van der Waals surface area contributed by atoms with Crippen LogP contribution in [-0.2, 0) is 25.6 Å². The number of carbonyl (C=O) groups excluding carboxylic acids is 2. The van der Waals surface area contributed by atoms with Gasteiger partial charge in [0.25, 0.3) is 0 Å². The molecule has 1 aromatic carbocycles. The van der Waals surface area contributed by atoms with Gasteiger partial charge in [0.15, 0.2) is 0 Å². The van der Waals surface area contributed by atoms with Crippen LogP contribution in [0.5, 0.6) is 0 Å². The van der Waals surface area contributed by atoms with Crippen molar-refractivity contribution in [2.45, 2.75) is 58.0 Å². The minimum Gasteiger partial charge on any atom is -0.445 e. The molecule has 0 aromatic heterocycles. The van der Waals surface area contributed by atoms with Crippen LogP contribution in [0, 0.1) is 0 Å². The Morgan fingerprint density at radius 1 is 1.21 bits per heavy atom. The van der Waals surface area contributed by atoms with Gasteiger partial charge in [-0.15, -0.1) is 0 Å². The highest BCUT2D eigenvalue weighted by Crippen LogP contribution is 2.18. The fraction of sp³-hybridized carbons (Fsp3) is 0.619. The lowest BCUT2D eigenvalue weighted by Crippen LogP contribution is -2.51. The summed E-state index contributed by atoms with van der Waals surface area (Å²) in [6.07, 6.45) is 0.132. The van der Waals surface area contributed by atoms with Crippen molar-refractivity contribution < 1.29 is 28.5 Å². The Hall–Kier alpha value is -2.32. The monoisotopic (exact) mass is 408 g/mol. The Balaban J connectivity index is 2.00. The maximum atomic E-state index is 12.6. The van der Waals surface area contributed by atoms with E-state index in [9.17, 15) is 9.59 Å². The summed E-state index contributed by atoms with van der Waals surface area (Å²) in [7, 11) is 1.54. The molecule has 0 spiro atoms. The third kappa shape index (κ3) is 8.29. The van der Waals surface area contributed by atoms with E-state index in [2.05, 4.69) is 5.32 Å². The van der Waals surface area contributed by atoms with Gasteiger partial charge in [-0.1, -0.05) is 30.3 Å². The molecule has 0 unspecified atom stereocenters. The fourth-order valence-corrected chi connectivity index (χ4v) is 3.06. The van der Waals surface area contributed by atoms with Crippen LogP contribution in [0.15, 0.2) is 30.3 Å². The molecule has 0 radical (unpaired) electrons. The van der Waals surface area contributed by atoms with Gasteiger partial charge >= 0.3 is 12.2 Å². The second kappa shape index (κ2) is 11.0. The number of ether oxygens (including phenoxy) is 4. The zero-order valence-corrected chi connectivity index (χ0v) is 17.7. The summed E-state index contributed by atoms with van der Waals surface area (Å²) >= 11 is 0. The van der Waals surface area contributed by atoms with Crippen molar-refractivity contribution in [3.05, 3.63) is 35.9 Å². The minimum atomic E-state index is -0.619. The lowest BCUT2D eigenvalue weighted by Gasteiger charge is -2.30. The average Bonchev–Trinajstić information content (AvgIpc) is 2.86. The first kappa shape index (κ1) is 23.0. The Bertz CT molecular complexity index is 646. The average molecular weight is 408 g/mol. The molecule has 1 N–H and O–H groups in total. The van der Waals surface area contributed by atoms with Crippen molar-refractivity contribution in [3.63, 3.8) is 0 Å². The quantitative estimate of drug-likeness (QED) is 0.727. The lowest BCUT2D eigenvalue weighted by molar-refractivity contribution is -0.0849. The number of likely N-dealkylation sites (tertiary alicyclic amines) is 1. The maximum absolute atomic E-state index is 12.6. The lowest BCUT2D eigenvalue weighted by atomic mass is 10.1. The fourth-order valence-electron chi connectivity index (χ4n) is 3.06. The molecule has 2 rings (SSSR count). The molecule has 2 amide bonds. The predicted molar refractivity (Wildman–Crippen MR) is 107 cm³/mol. The molecule has 1 aliphatic heterocycles. The summed E-state index contributed by atoms with van der Waals surface area (Å²) in [6, 6.07) is 9.06. The Kier molecular flexibility index (Phi) is 8.72. The third-order valence-electron chi connectivity index (χ3n) is 4.35. The van der Waals surface area contributed by atoms with Crippen molar-refractivity contribution in [3.8, 4) is 0 Å². The van der Waals surface area contributed by atoms with E-state index in [1.807, 2.05) is 30.3 Å². The number of methoxy groups -OCH3 is 1. The summed E-state index contributed by atoms with van der Waals surface area (Å²) in [5.74, 6) is 0. The predicted octanol–water partition coefficient (Wildman–Crippen LogP) is 3.30. The maximum Gasteiger partial charge on any atom is 0.410 e. The van der Waals surface area contributed by atoms with Crippen LogP contribution in [0.4, 0.5) is 9.59 Å². The summed E-state index contributed by atoms with van der Waals surface area (Å²) in [4.78, 5) is 26.5. The van der Waals surface area contributed by atoms with Crippen LogP contribution in [0.2, 0.25) is 0 Å². The number of nitrogens with zero attached hydrogens (tertiary/aromatic N) is 1. The van der Waals surface area contributed by atoms with E-state index < -0.39 is 23.8 Å². The van der Waals surface area contributed by atoms with E-state index >= 15 is 0 Å². The van der Waals surface area contributed by atoms with Crippen LogP contribution in [0.25, 0.3) is 0 Å². The van der Waals surface area contributed by atoms with Gasteiger partial charge in [-0.05, 0) is 39.2 Å². The van der Waals surface area contributed by atoms with E-state index in [-0.39, 0.29) is 26.0 Å². The summed E-state index contributed by atoms with van der Waals surface area (Å²) in [6.45, 7) is 6.48. The summed E-state index contributed by atoms with van der Waals surface area (Å²) in [5.41, 5.74) is 0.298. The van der Waals surface area contributed by atoms with Gasteiger partial charge in [0.05, 0.1) is 12.1 Å². The molecule has 29 heavy (non-hydrogen) atoms. The molecular formula is C21H32N2O6. The Labute approximate surface area is 172 Å². The van der Waals surface area contributed by atoms with Gasteiger partial charge in [-0.3, -0.25) is 0 Å². The van der Waals surface area contributed by atoms with Crippen LogP contribution in [0.1, 0.15) is 39.2 Å². The molecule has 2 atom stereocenters. The second-order valence-corrected chi connectivity index (χ2v) is 7.99. The van der Waals surface area contributed by atoms with Crippen LogP contribution in [0.3, 0.4) is 0 Å². The number of benzene rings is 1. The van der Waals surface area contributed by atoms with Crippen molar-refractivity contribution >= 4 is 12.2 Å². The van der Waals surface area contributed by atoms with Crippen molar-refractivity contribution in [2.24, 2.45) is 0 Å². The van der Waals surface area contributed by atoms with Crippen LogP contribution < -0.4 is 5.32 Å². The van der Waals surface area contributed by atoms with Gasteiger partial charge in [-0.2, -0.15) is 0 Å². The van der Waals surface area contributed by atoms with Crippen molar-refractivity contribution in [2.75, 3.05) is 27.0 Å². The molecule has 1 saturated heterocycles. The number of nitrogens with one attached hydrogen (secondary N) is 1. The van der Waals surface area contributed by atoms with Gasteiger partial charge in [0.2, 0.25) is 0 Å². The first-order valence-electron chi connectivity index (χ1n) is 9.84. The van der Waals surface area contributed by atoms with E-state index in [4.69, 9.17) is 18.9 Å². The number of carbonyl (C=O) groups is 2. The molecule has 0 aliphatic carbocycles. The third-order valence-corrected chi connectivity index (χ3v) is 4.35. The molecule has 8 nitrogen and oxygen atoms in total. The summed E-state index contributed by atoms with van der Waals surface area (Å²) in [5, 5.41) is 2.84. The second-order valence-electron chi connectivity index (χ2n) is 7.99. The van der Waals surface area contributed by atoms with Crippen molar-refractivity contribution in [1.29, 1.82) is 0 Å². The number of rotatable bonds is 6. The van der Waals surface area contributed by atoms with Crippen LogP contribution in [-0.4, -0.2) is 61.8 Å². The normalized spacial score (nSPS) is 19.9. The summed E-state index contributed by atoms with van der Waals surface area (Å²) < 4.78 is 21.6. The van der Waals surface area contributed by atoms with E-state index in [1.165, 1.54) is 0 Å². The molecule has 0 bridgehead atoms. The van der Waals surface area contributed by atoms with E-state index in [0.29, 0.717) is 13.0 Å². The van der Waals surface area contributed by atoms with Gasteiger partial charge in [0, 0.05) is 20.2 Å². The smallest absolute Gasteiger partial charge is 0.410 e. The largest absolute Gasteiger partial charge is 0.445 e. The molecule has 0 saturated carbocycles. The number of amides is 2. The molecular weight excluding hydrogens is 376 g/mol. The number of hydrogen-bond acceptors (Lipinski definition) is 6. The topological polar surface area (TPSA) is 86.3 Å². The highest BCUT2D eigenvalue weighted by molar-refractivity contribution is 5.69. The highest BCUT2D eigenvalue weighted by atomic mass is 16.7. The molecule has 1 aromatic rings.